The number of amides is 2. The number of phenolic OH excluding ortho intramolecular Hbond substituents is 1. The number of anilines is 2. The molecule has 0 radical (unpaired) electrons. The van der Waals surface area contributed by atoms with Crippen molar-refractivity contribution in [3.63, 3.8) is 0 Å². The van der Waals surface area contributed by atoms with E-state index in [4.69, 9.17) is 34.8 Å². The van der Waals surface area contributed by atoms with Gasteiger partial charge in [0.15, 0.2) is 5.75 Å². The summed E-state index contributed by atoms with van der Waals surface area (Å²) in [7, 11) is 0. The Morgan fingerprint density at radius 2 is 1.69 bits per heavy atom. The highest BCUT2D eigenvalue weighted by molar-refractivity contribution is 6.37. The van der Waals surface area contributed by atoms with Crippen LogP contribution in [0.25, 0.3) is 0 Å². The number of phenols is 1. The lowest BCUT2D eigenvalue weighted by Crippen LogP contribution is -2.38. The number of aryl methyl sites for hydroxylation is 1. The van der Waals surface area contributed by atoms with Crippen LogP contribution in [0.1, 0.15) is 37.4 Å². The van der Waals surface area contributed by atoms with Crippen molar-refractivity contribution in [2.75, 3.05) is 11.1 Å². The number of rotatable bonds is 5. The Labute approximate surface area is 208 Å². The normalized spacial score (nSPS) is 11.3. The molecule has 0 atom stereocenters. The Bertz CT molecular complexity index is 1290. The third kappa shape index (κ3) is 5.61. The maximum atomic E-state index is 13.3. The van der Waals surface area contributed by atoms with Crippen LogP contribution in [0, 0.1) is 6.92 Å². The van der Waals surface area contributed by atoms with Gasteiger partial charge in [-0.3, -0.25) is 14.6 Å². The maximum Gasteiger partial charge on any atom is 0.416 e. The fourth-order valence-corrected chi connectivity index (χ4v) is 3.77. The van der Waals surface area contributed by atoms with Gasteiger partial charge in [-0.25, -0.2) is 5.84 Å². The van der Waals surface area contributed by atoms with Crippen LogP contribution in [0.4, 0.5) is 24.5 Å². The summed E-state index contributed by atoms with van der Waals surface area (Å²) in [6.07, 6.45) is -4.64. The van der Waals surface area contributed by atoms with Crippen LogP contribution in [-0.4, -0.2) is 21.9 Å². The van der Waals surface area contributed by atoms with E-state index in [0.717, 1.165) is 6.07 Å². The number of carbonyl (C=O) groups excluding carboxylic acids is 2. The average Bonchev–Trinajstić information content (AvgIpc) is 2.79. The van der Waals surface area contributed by atoms with E-state index in [9.17, 15) is 27.9 Å². The van der Waals surface area contributed by atoms with Gasteiger partial charge in [0.2, 0.25) is 0 Å². The first-order chi connectivity index (χ1) is 16.3. The van der Waals surface area contributed by atoms with Crippen LogP contribution in [-0.2, 0) is 12.7 Å². The summed E-state index contributed by atoms with van der Waals surface area (Å²) in [5, 5.41) is 12.4. The number of aromatic hydroxyl groups is 1. The molecule has 3 aromatic rings. The van der Waals surface area contributed by atoms with Crippen LogP contribution in [0.5, 0.6) is 5.75 Å². The maximum absolute atomic E-state index is 13.3. The minimum absolute atomic E-state index is 0.0193. The molecule has 3 aromatic carbocycles. The van der Waals surface area contributed by atoms with Crippen LogP contribution in [0.2, 0.25) is 10.0 Å². The number of hydrazine groups is 1. The van der Waals surface area contributed by atoms with Crippen molar-refractivity contribution in [1.82, 2.24) is 5.01 Å². The fraction of sp³-hybridized carbons (Fsp3) is 0.130. The minimum atomic E-state index is -4.64. The van der Waals surface area contributed by atoms with E-state index < -0.39 is 35.8 Å². The molecule has 0 aliphatic carbocycles. The first-order valence-electron chi connectivity index (χ1n) is 9.91. The van der Waals surface area contributed by atoms with Crippen molar-refractivity contribution >= 4 is 46.4 Å². The van der Waals surface area contributed by atoms with Crippen molar-refractivity contribution in [2.24, 2.45) is 5.84 Å². The van der Waals surface area contributed by atoms with Crippen molar-refractivity contribution in [2.45, 2.75) is 19.6 Å². The van der Waals surface area contributed by atoms with Crippen molar-refractivity contribution < 1.29 is 27.9 Å². The topological polar surface area (TPSA) is 122 Å². The Kier molecular flexibility index (Phi) is 7.49. The summed E-state index contributed by atoms with van der Waals surface area (Å²) in [5.41, 5.74) is 5.12. The van der Waals surface area contributed by atoms with E-state index >= 15 is 0 Å². The van der Waals surface area contributed by atoms with Crippen LogP contribution < -0.4 is 16.9 Å². The standard InChI is InChI=1S/C23H19Cl2F3N4O3/c1-11-6-7-17(31-21(34)13-8-15(24)20(33)16(25)9-13)18(19(11)29)22(35)32(30)10-12-4-2-3-5-14(12)23(26,27)28/h2-9,33H,10,29-30H2,1H3,(H,31,34). The van der Waals surface area contributed by atoms with Crippen molar-refractivity contribution in [1.29, 1.82) is 0 Å². The Morgan fingerprint density at radius 3 is 2.29 bits per heavy atom. The highest BCUT2D eigenvalue weighted by Crippen LogP contribution is 2.35. The van der Waals surface area contributed by atoms with Crippen molar-refractivity contribution in [3.8, 4) is 5.75 Å². The Hall–Kier alpha value is -3.47. The van der Waals surface area contributed by atoms with Gasteiger partial charge in [-0.1, -0.05) is 47.5 Å². The molecule has 0 bridgehead atoms. The molecule has 12 heteroatoms. The third-order valence-corrected chi connectivity index (χ3v) is 5.71. The number of nitrogens with one attached hydrogen (secondary N) is 1. The van der Waals surface area contributed by atoms with E-state index in [1.807, 2.05) is 0 Å². The molecule has 3 rings (SSSR count). The van der Waals surface area contributed by atoms with Crippen LogP contribution in [0.3, 0.4) is 0 Å². The number of hydrogen-bond donors (Lipinski definition) is 4. The monoisotopic (exact) mass is 526 g/mol. The van der Waals surface area contributed by atoms with E-state index in [0.29, 0.717) is 10.6 Å². The summed E-state index contributed by atoms with van der Waals surface area (Å²) >= 11 is 11.7. The van der Waals surface area contributed by atoms with Gasteiger partial charge in [-0.15, -0.1) is 0 Å². The van der Waals surface area contributed by atoms with Gasteiger partial charge in [0.1, 0.15) is 0 Å². The lowest BCUT2D eigenvalue weighted by atomic mass is 10.0. The number of nitrogens with zero attached hydrogens (tertiary/aromatic N) is 1. The first-order valence-corrected chi connectivity index (χ1v) is 10.7. The zero-order chi connectivity index (χ0) is 26.1. The van der Waals surface area contributed by atoms with Gasteiger partial charge >= 0.3 is 6.18 Å². The lowest BCUT2D eigenvalue weighted by molar-refractivity contribution is -0.138. The van der Waals surface area contributed by atoms with Gasteiger partial charge in [0.05, 0.1) is 33.4 Å². The quantitative estimate of drug-likeness (QED) is 0.154. The number of nitrogen functional groups attached to an aromatic ring is 1. The highest BCUT2D eigenvalue weighted by Gasteiger charge is 2.34. The minimum Gasteiger partial charge on any atom is -0.505 e. The van der Waals surface area contributed by atoms with Crippen molar-refractivity contribution in [3.05, 3.63) is 86.4 Å². The van der Waals surface area contributed by atoms with Gasteiger partial charge in [0.25, 0.3) is 11.8 Å². The molecular weight excluding hydrogens is 508 g/mol. The predicted molar refractivity (Wildman–Crippen MR) is 127 cm³/mol. The molecular formula is C23H19Cl2F3N4O3. The van der Waals surface area contributed by atoms with Crippen LogP contribution >= 0.6 is 23.2 Å². The van der Waals surface area contributed by atoms with E-state index in [1.165, 1.54) is 42.5 Å². The number of halogens is 5. The molecule has 2 amide bonds. The second-order valence-electron chi connectivity index (χ2n) is 7.55. The largest absolute Gasteiger partial charge is 0.505 e. The molecule has 7 nitrogen and oxygen atoms in total. The summed E-state index contributed by atoms with van der Waals surface area (Å²) < 4.78 is 40.0. The summed E-state index contributed by atoms with van der Waals surface area (Å²) in [6, 6.07) is 9.98. The second kappa shape index (κ2) is 10.0. The molecule has 6 N–H and O–H groups in total. The molecule has 0 spiro atoms. The number of nitrogens with two attached hydrogens (primary N) is 2. The molecule has 0 unspecified atom stereocenters. The molecule has 0 fully saturated rings. The Balaban J connectivity index is 1.95. The molecule has 0 aliphatic heterocycles. The molecule has 35 heavy (non-hydrogen) atoms. The summed E-state index contributed by atoms with van der Waals surface area (Å²) in [6.45, 7) is 1.04. The Morgan fingerprint density at radius 1 is 1.09 bits per heavy atom. The summed E-state index contributed by atoms with van der Waals surface area (Å²) in [5.74, 6) is 3.81. The van der Waals surface area contributed by atoms with E-state index in [-0.39, 0.29) is 38.1 Å². The van der Waals surface area contributed by atoms with Crippen LogP contribution in [0.15, 0.2) is 48.5 Å². The molecule has 0 aliphatic rings. The van der Waals surface area contributed by atoms with Gasteiger partial charge in [-0.05, 0) is 42.3 Å². The number of carbonyl (C=O) groups is 2. The molecule has 184 valence electrons. The lowest BCUT2D eigenvalue weighted by Gasteiger charge is -2.22. The first kappa shape index (κ1) is 26.1. The molecule has 0 heterocycles. The number of alkyl halides is 3. The zero-order valence-corrected chi connectivity index (χ0v) is 19.6. The highest BCUT2D eigenvalue weighted by atomic mass is 35.5. The third-order valence-electron chi connectivity index (χ3n) is 5.13. The van der Waals surface area contributed by atoms with Gasteiger partial charge in [-0.2, -0.15) is 13.2 Å². The zero-order valence-electron chi connectivity index (χ0n) is 18.1. The SMILES string of the molecule is Cc1ccc(NC(=O)c2cc(Cl)c(O)c(Cl)c2)c(C(=O)N(N)Cc2ccccc2C(F)(F)F)c1N. The van der Waals surface area contributed by atoms with E-state index in [2.05, 4.69) is 5.32 Å². The van der Waals surface area contributed by atoms with Gasteiger partial charge < -0.3 is 16.2 Å². The predicted octanol–water partition coefficient (Wildman–Crippen LogP) is 5.38. The molecule has 0 saturated carbocycles. The molecule has 0 aromatic heterocycles. The molecule has 0 saturated heterocycles. The fourth-order valence-electron chi connectivity index (χ4n) is 3.28. The average molecular weight is 527 g/mol. The second-order valence-corrected chi connectivity index (χ2v) is 8.36. The smallest absolute Gasteiger partial charge is 0.416 e. The summed E-state index contributed by atoms with van der Waals surface area (Å²) in [4.78, 5) is 26.0. The van der Waals surface area contributed by atoms with Gasteiger partial charge in [0, 0.05) is 11.3 Å². The number of benzene rings is 3. The number of hydrogen-bond acceptors (Lipinski definition) is 5. The van der Waals surface area contributed by atoms with E-state index in [1.54, 1.807) is 6.92 Å².